The molecule has 0 saturated heterocycles. The third-order valence-electron chi connectivity index (χ3n) is 29.7. The molecule has 0 amide bonds. The van der Waals surface area contributed by atoms with Gasteiger partial charge >= 0.3 is 0 Å². The largest absolute Gasteiger partial charge is 0.398 e. The number of fused-ring (bicyclic) bond motifs is 29. The quantitative estimate of drug-likeness (QED) is 0.149. The second-order valence-electron chi connectivity index (χ2n) is 38.0. The van der Waals surface area contributed by atoms with Gasteiger partial charge in [0.15, 0.2) is 0 Å². The summed E-state index contributed by atoms with van der Waals surface area (Å²) in [5.74, 6) is 0. The van der Waals surface area contributed by atoms with E-state index < -0.39 is 5.41 Å². The Balaban J connectivity index is 0.000000105. The van der Waals surface area contributed by atoms with E-state index in [4.69, 9.17) is 5.73 Å². The van der Waals surface area contributed by atoms with E-state index in [1.54, 1.807) is 0 Å². The number of nitrogens with two attached hydrogens (primary N) is 1. The van der Waals surface area contributed by atoms with Crippen molar-refractivity contribution in [1.29, 1.82) is 0 Å². The molecule has 7 aliphatic carbocycles. The van der Waals surface area contributed by atoms with Crippen LogP contribution in [-0.4, -0.2) is 0 Å². The van der Waals surface area contributed by atoms with E-state index >= 15 is 0 Å². The summed E-state index contributed by atoms with van der Waals surface area (Å²) in [6, 6.07) is 171. The van der Waals surface area contributed by atoms with E-state index in [1.165, 1.54) is 194 Å². The standard InChI is InChI=1S/C52H37N.C27H23N.C25H15Br.C15H13Br.C12H11N/c1-51(2)42-24-11-6-20-37(42)40-32-31-35(33-47(40)51)53(48-29-15-10-19-36(48)34-17-4-3-5-18-34)49-30-16-28-46-50(49)41-23-9-14-27-45(41)52(46)43-25-12-7-21-38(43)39-22-8-13-26-44(39)52;1-27(2)24-14-8-6-13-22(24)23-17-16-20(18-25(23)27)28-26-15-9-7-12-21(26)19-10-4-3-5-11-19;26-23-15-7-14-22-24(23)18-10-3-6-13-21(18)25(22)19-11-4-1-8-16(19)17-9-2-5-12-20(17)25;1-15(2)13-6-4-3-5-11(13)12-8-7-10(16)9-14(12)15;13-12-9-5-4-8-11(12)10-6-2-1-3-7-10/h3-33H,1-2H3;3-18,28H,1-2H3;1-15H;3-9H,1-2H3;1-9H,13H2. The van der Waals surface area contributed by atoms with Crippen molar-refractivity contribution in [2.75, 3.05) is 16.0 Å². The molecular formula is C131H99Br2N3. The second-order valence-corrected chi connectivity index (χ2v) is 39.8. The third-order valence-corrected chi connectivity index (χ3v) is 30.9. The van der Waals surface area contributed by atoms with Crippen LogP contribution in [0.5, 0.6) is 0 Å². The Labute approximate surface area is 815 Å². The molecule has 27 rings (SSSR count). The predicted molar refractivity (Wildman–Crippen MR) is 578 cm³/mol. The number of nitrogen functional groups attached to an aromatic ring is 1. The van der Waals surface area contributed by atoms with E-state index in [9.17, 15) is 0 Å². The molecule has 20 aromatic carbocycles. The topological polar surface area (TPSA) is 41.3 Å². The highest BCUT2D eigenvalue weighted by atomic mass is 79.9. The minimum atomic E-state index is -0.415. The first-order valence-corrected chi connectivity index (χ1v) is 48.8. The fourth-order valence-corrected chi connectivity index (χ4v) is 24.6. The molecule has 0 bridgehead atoms. The van der Waals surface area contributed by atoms with Gasteiger partial charge in [-0.2, -0.15) is 0 Å². The normalized spacial score (nSPS) is 14.1. The van der Waals surface area contributed by atoms with Crippen LogP contribution in [0.15, 0.2) is 482 Å². The van der Waals surface area contributed by atoms with Crippen LogP contribution in [0.3, 0.4) is 0 Å². The first-order chi connectivity index (χ1) is 66.5. The zero-order valence-electron chi connectivity index (χ0n) is 76.8. The Bertz CT molecular complexity index is 8010. The lowest BCUT2D eigenvalue weighted by atomic mass is 9.70. The molecule has 3 nitrogen and oxygen atoms in total. The Kier molecular flexibility index (Phi) is 21.3. The van der Waals surface area contributed by atoms with Gasteiger partial charge in [-0.25, -0.2) is 0 Å². The summed E-state index contributed by atoms with van der Waals surface area (Å²) in [5.41, 5.74) is 57.0. The number of nitrogens with zero attached hydrogens (tertiary/aromatic N) is 1. The minimum absolute atomic E-state index is 0.0164. The van der Waals surface area contributed by atoms with E-state index in [2.05, 4.69) is 514 Å². The molecule has 0 unspecified atom stereocenters. The molecule has 2 spiro atoms. The number of rotatable bonds is 8. The molecule has 7 aliphatic rings. The van der Waals surface area contributed by atoms with Crippen LogP contribution in [0.2, 0.25) is 0 Å². The summed E-state index contributed by atoms with van der Waals surface area (Å²) in [6.45, 7) is 14.0. The highest BCUT2D eigenvalue weighted by Crippen LogP contribution is 2.67. The van der Waals surface area contributed by atoms with Crippen molar-refractivity contribution in [2.45, 2.75) is 68.6 Å². The summed E-state index contributed by atoms with van der Waals surface area (Å²) in [6.07, 6.45) is 0. The number of hydrogen-bond acceptors (Lipinski definition) is 3. The van der Waals surface area contributed by atoms with Gasteiger partial charge in [0, 0.05) is 75.8 Å². The Morgan fingerprint density at radius 2 is 0.515 bits per heavy atom. The molecule has 652 valence electrons. The van der Waals surface area contributed by atoms with E-state index in [0.717, 1.165) is 38.5 Å². The van der Waals surface area contributed by atoms with Crippen molar-refractivity contribution in [1.82, 2.24) is 0 Å². The second kappa shape index (κ2) is 34.0. The van der Waals surface area contributed by atoms with Gasteiger partial charge in [-0.15, -0.1) is 0 Å². The van der Waals surface area contributed by atoms with Gasteiger partial charge < -0.3 is 16.0 Å². The fraction of sp³-hybridized carbons (Fsp3) is 0.0840. The molecule has 136 heavy (non-hydrogen) atoms. The molecule has 0 atom stereocenters. The average molecular weight is 1880 g/mol. The first-order valence-electron chi connectivity index (χ1n) is 47.2. The van der Waals surface area contributed by atoms with Crippen molar-refractivity contribution in [3.8, 4) is 111 Å². The van der Waals surface area contributed by atoms with Gasteiger partial charge in [-0.3, -0.25) is 0 Å². The maximum atomic E-state index is 5.85. The van der Waals surface area contributed by atoms with Gasteiger partial charge in [-0.05, 0) is 228 Å². The number of benzene rings is 20. The molecule has 3 N–H and O–H groups in total. The van der Waals surface area contributed by atoms with Crippen LogP contribution < -0.4 is 16.0 Å². The number of halogens is 2. The molecule has 0 radical (unpaired) electrons. The summed E-state index contributed by atoms with van der Waals surface area (Å²) in [4.78, 5) is 2.54. The molecule has 20 aromatic rings. The van der Waals surface area contributed by atoms with Gasteiger partial charge in [0.25, 0.3) is 0 Å². The number of para-hydroxylation sites is 3. The molecule has 0 heterocycles. The summed E-state index contributed by atoms with van der Waals surface area (Å²) in [5, 5.41) is 3.67. The SMILES string of the molecule is Brc1cccc2c1-c1ccccc1C21c2ccccc2-c2ccccc21.CC1(C)c2ccccc2-c2ccc(Br)cc21.CC1(C)c2ccccc2-c2ccc(N(c3ccccc3-c3ccccc3)c3cccc4c3-c3ccccc3C43c4ccccc4-c4ccccc43)cc21.CC1(C)c2ccccc2-c2ccc(Nc3ccccc3-c3ccccc3)cc21.Nc1ccccc1-c1ccccc1. The highest BCUT2D eigenvalue weighted by Gasteiger charge is 2.54. The Morgan fingerprint density at radius 1 is 0.213 bits per heavy atom. The van der Waals surface area contributed by atoms with Crippen LogP contribution in [0.25, 0.3) is 111 Å². The van der Waals surface area contributed by atoms with Crippen LogP contribution in [-0.2, 0) is 27.1 Å². The lowest BCUT2D eigenvalue weighted by Crippen LogP contribution is -2.26. The van der Waals surface area contributed by atoms with Crippen LogP contribution >= 0.6 is 31.9 Å². The van der Waals surface area contributed by atoms with E-state index in [1.807, 2.05) is 42.5 Å². The average Bonchev–Trinajstić information content (AvgIpc) is 1.51. The predicted octanol–water partition coefficient (Wildman–Crippen LogP) is 35.4. The van der Waals surface area contributed by atoms with Gasteiger partial charge in [0.2, 0.25) is 0 Å². The maximum Gasteiger partial charge on any atom is 0.0726 e. The summed E-state index contributed by atoms with van der Waals surface area (Å²) < 4.78 is 2.33. The van der Waals surface area contributed by atoms with Gasteiger partial charge in [0.1, 0.15) is 0 Å². The Hall–Kier alpha value is -15.2. The highest BCUT2D eigenvalue weighted by molar-refractivity contribution is 9.10. The minimum Gasteiger partial charge on any atom is -0.398 e. The lowest BCUT2D eigenvalue weighted by molar-refractivity contribution is 0.660. The number of hydrogen-bond donors (Lipinski definition) is 2. The Morgan fingerprint density at radius 3 is 0.985 bits per heavy atom. The van der Waals surface area contributed by atoms with Crippen molar-refractivity contribution in [3.05, 3.63) is 560 Å². The van der Waals surface area contributed by atoms with Crippen molar-refractivity contribution >= 4 is 66.0 Å². The van der Waals surface area contributed by atoms with Crippen molar-refractivity contribution < 1.29 is 0 Å². The number of nitrogens with one attached hydrogen (secondary N) is 1. The number of anilines is 6. The monoisotopic (exact) mass is 1870 g/mol. The van der Waals surface area contributed by atoms with Gasteiger partial charge in [-0.1, -0.05) is 480 Å². The molecule has 5 heteroatoms. The summed E-state index contributed by atoms with van der Waals surface area (Å²) in [7, 11) is 0. The third kappa shape index (κ3) is 13.6. The molecule has 0 saturated carbocycles. The first kappa shape index (κ1) is 85.0. The molecular weight excluding hydrogens is 1780 g/mol. The molecule has 0 fully saturated rings. The van der Waals surface area contributed by atoms with Crippen LogP contribution in [0.4, 0.5) is 34.1 Å². The van der Waals surface area contributed by atoms with Crippen molar-refractivity contribution in [2.24, 2.45) is 0 Å². The fourth-order valence-electron chi connectivity index (χ4n) is 23.6. The van der Waals surface area contributed by atoms with E-state index in [0.29, 0.717) is 0 Å². The smallest absolute Gasteiger partial charge is 0.0726 e. The lowest BCUT2D eigenvalue weighted by Gasteiger charge is -2.33. The van der Waals surface area contributed by atoms with Crippen LogP contribution in [0, 0.1) is 0 Å². The maximum absolute atomic E-state index is 5.85. The van der Waals surface area contributed by atoms with Crippen molar-refractivity contribution in [3.63, 3.8) is 0 Å². The van der Waals surface area contributed by atoms with E-state index in [-0.39, 0.29) is 21.7 Å². The van der Waals surface area contributed by atoms with Crippen LogP contribution in [0.1, 0.15) is 119 Å². The van der Waals surface area contributed by atoms with Gasteiger partial charge in [0.05, 0.1) is 22.2 Å². The zero-order chi connectivity index (χ0) is 92.2. The summed E-state index contributed by atoms with van der Waals surface area (Å²) >= 11 is 7.39. The molecule has 0 aromatic heterocycles. The molecule has 0 aliphatic heterocycles. The zero-order valence-corrected chi connectivity index (χ0v) is 80.0.